The van der Waals surface area contributed by atoms with Crippen molar-refractivity contribution in [3.8, 4) is 0 Å². The molecule has 1 aliphatic heterocycles. The van der Waals surface area contributed by atoms with Crippen LogP contribution < -0.4 is 0 Å². The average Bonchev–Trinajstić information content (AvgIpc) is 3.21. The van der Waals surface area contributed by atoms with Gasteiger partial charge in [-0.05, 0) is 44.0 Å². The maximum atomic E-state index is 13.7. The second kappa shape index (κ2) is 11.3. The molecule has 0 spiro atoms. The van der Waals surface area contributed by atoms with E-state index in [-0.39, 0.29) is 52.2 Å². The predicted molar refractivity (Wildman–Crippen MR) is 142 cm³/mol. The number of aromatic nitrogens is 1. The summed E-state index contributed by atoms with van der Waals surface area (Å²) in [6, 6.07) is 3.57. The van der Waals surface area contributed by atoms with E-state index in [2.05, 4.69) is 0 Å². The number of ketones is 1. The Morgan fingerprint density at radius 2 is 1.77 bits per heavy atom. The van der Waals surface area contributed by atoms with Crippen LogP contribution >= 0.6 is 23.2 Å². The van der Waals surface area contributed by atoms with Crippen molar-refractivity contribution in [1.82, 2.24) is 14.4 Å². The second-order valence-corrected chi connectivity index (χ2v) is 10.5. The fourth-order valence-electron chi connectivity index (χ4n) is 4.93. The van der Waals surface area contributed by atoms with Crippen LogP contribution in [0.3, 0.4) is 0 Å². The molecule has 1 saturated heterocycles. The lowest BCUT2D eigenvalue weighted by molar-refractivity contribution is -0.145. The molecule has 39 heavy (non-hydrogen) atoms. The molecule has 1 aromatic carbocycles. The molecule has 12 heteroatoms. The predicted octanol–water partition coefficient (Wildman–Crippen LogP) is 4.83. The van der Waals surface area contributed by atoms with Crippen LogP contribution in [-0.4, -0.2) is 76.7 Å². The van der Waals surface area contributed by atoms with E-state index in [9.17, 15) is 27.6 Å². The topological polar surface area (TPSA) is 71.8 Å². The summed E-state index contributed by atoms with van der Waals surface area (Å²) in [6.45, 7) is 5.38. The van der Waals surface area contributed by atoms with Crippen molar-refractivity contribution < 1.29 is 32.3 Å². The number of amides is 1. The van der Waals surface area contributed by atoms with E-state index < -0.39 is 22.9 Å². The molecule has 0 radical (unpaired) electrons. The number of hydrogen-bond donors (Lipinski definition) is 0. The summed E-state index contributed by atoms with van der Waals surface area (Å²) in [5.41, 5.74) is 0.119. The highest BCUT2D eigenvalue weighted by molar-refractivity contribution is 6.41. The number of benzene rings is 1. The monoisotopic (exact) mass is 585 g/mol. The molecule has 0 N–H and O–H groups in total. The van der Waals surface area contributed by atoms with Crippen molar-refractivity contribution in [1.29, 1.82) is 0 Å². The van der Waals surface area contributed by atoms with Gasteiger partial charge < -0.3 is 14.2 Å². The second-order valence-electron chi connectivity index (χ2n) is 9.56. The number of halogens is 5. The zero-order valence-electron chi connectivity index (χ0n) is 21.7. The van der Waals surface area contributed by atoms with E-state index in [1.54, 1.807) is 24.8 Å². The van der Waals surface area contributed by atoms with Crippen molar-refractivity contribution >= 4 is 51.8 Å². The summed E-state index contributed by atoms with van der Waals surface area (Å²) in [5, 5.41) is -0.379. The number of carbonyl (C=O) groups is 3. The smallest absolute Gasteiger partial charge is 0.416 e. The van der Waals surface area contributed by atoms with Crippen molar-refractivity contribution in [3.05, 3.63) is 57.3 Å². The minimum Gasteiger partial charge on any atom is -0.465 e. The molecule has 1 unspecified atom stereocenters. The van der Waals surface area contributed by atoms with Crippen molar-refractivity contribution in [2.24, 2.45) is 7.05 Å². The van der Waals surface area contributed by atoms with E-state index >= 15 is 0 Å². The molecule has 0 saturated carbocycles. The third-order valence-corrected chi connectivity index (χ3v) is 7.84. The fraction of sp³-hybridized carbons (Fsp3) is 0.444. The SMILES string of the molecule is CCOC(=O)CN1CCN(C(=O)C2=CCC(Cl)C(C(=O)c3cc4c(C)cc(C(F)(F)F)cc4n3C)=C2Cl)CC1. The van der Waals surface area contributed by atoms with Crippen LogP contribution in [0.15, 0.2) is 40.5 Å². The van der Waals surface area contributed by atoms with Gasteiger partial charge in [0.25, 0.3) is 5.91 Å². The van der Waals surface area contributed by atoms with Gasteiger partial charge >= 0.3 is 12.1 Å². The first kappa shape index (κ1) is 29.2. The summed E-state index contributed by atoms with van der Waals surface area (Å²) in [6.07, 6.45) is -2.75. The van der Waals surface area contributed by atoms with Gasteiger partial charge in [0.1, 0.15) is 0 Å². The molecule has 210 valence electrons. The van der Waals surface area contributed by atoms with E-state index in [0.29, 0.717) is 43.7 Å². The summed E-state index contributed by atoms with van der Waals surface area (Å²) < 4.78 is 46.5. The first-order chi connectivity index (χ1) is 18.3. The zero-order valence-corrected chi connectivity index (χ0v) is 23.2. The molecule has 0 bridgehead atoms. The molecule has 7 nitrogen and oxygen atoms in total. The van der Waals surface area contributed by atoms with Crippen LogP contribution in [0.4, 0.5) is 13.2 Å². The molecule has 1 aliphatic carbocycles. The lowest BCUT2D eigenvalue weighted by atomic mass is 9.93. The van der Waals surface area contributed by atoms with Gasteiger partial charge in [0.2, 0.25) is 5.78 Å². The Labute approximate surface area is 233 Å². The first-order valence-electron chi connectivity index (χ1n) is 12.5. The van der Waals surface area contributed by atoms with Gasteiger partial charge in [-0.2, -0.15) is 13.2 Å². The summed E-state index contributed by atoms with van der Waals surface area (Å²) in [4.78, 5) is 42.3. The number of alkyl halides is 4. The van der Waals surface area contributed by atoms with Crippen LogP contribution in [-0.2, 0) is 27.5 Å². The van der Waals surface area contributed by atoms with Gasteiger partial charge in [-0.3, -0.25) is 19.3 Å². The van der Waals surface area contributed by atoms with Gasteiger partial charge in [0.15, 0.2) is 0 Å². The summed E-state index contributed by atoms with van der Waals surface area (Å²) in [7, 11) is 1.51. The van der Waals surface area contributed by atoms with Crippen molar-refractivity contribution in [3.63, 3.8) is 0 Å². The Balaban J connectivity index is 1.58. The molecule has 4 rings (SSSR count). The van der Waals surface area contributed by atoms with Gasteiger partial charge in [-0.25, -0.2) is 0 Å². The maximum Gasteiger partial charge on any atom is 0.416 e. The number of rotatable bonds is 6. The van der Waals surface area contributed by atoms with E-state index in [0.717, 1.165) is 12.1 Å². The van der Waals surface area contributed by atoms with Crippen molar-refractivity contribution in [2.75, 3.05) is 39.3 Å². The number of piperazine rings is 1. The van der Waals surface area contributed by atoms with Crippen molar-refractivity contribution in [2.45, 2.75) is 31.8 Å². The van der Waals surface area contributed by atoms with Gasteiger partial charge in [0.05, 0.1) is 40.4 Å². The number of fused-ring (bicyclic) bond motifs is 1. The molecule has 2 heterocycles. The standard InChI is InChI=1S/C27H28Cl2F3N3O4/c1-4-39-22(36)14-34-7-9-35(10-8-34)26(38)17-5-6-19(28)23(24(17)29)25(37)21-13-18-15(2)11-16(27(30,31)32)12-20(18)33(21)3/h5,11-13,19H,4,6-10,14H2,1-3H3. The van der Waals surface area contributed by atoms with Crippen LogP contribution in [0.1, 0.15) is 35.0 Å². The number of allylic oxidation sites excluding steroid dienone is 2. The number of nitrogens with zero attached hydrogens (tertiary/aromatic N) is 3. The number of carbonyl (C=O) groups excluding carboxylic acids is 3. The summed E-state index contributed by atoms with van der Waals surface area (Å²) in [5.74, 6) is -1.23. The quantitative estimate of drug-likeness (QED) is 0.276. The highest BCUT2D eigenvalue weighted by Gasteiger charge is 2.35. The van der Waals surface area contributed by atoms with Crippen LogP contribution in [0.25, 0.3) is 10.9 Å². The molecule has 2 aliphatic rings. The molecule has 1 amide bonds. The lowest BCUT2D eigenvalue weighted by Crippen LogP contribution is -2.50. The molecule has 2 aromatic rings. The number of esters is 1. The third kappa shape index (κ3) is 5.88. The Hall–Kier alpha value is -2.82. The highest BCUT2D eigenvalue weighted by atomic mass is 35.5. The minimum atomic E-state index is -4.53. The number of ether oxygens (including phenoxy) is 1. The van der Waals surface area contributed by atoms with Gasteiger partial charge in [0, 0.05) is 49.7 Å². The molecule has 1 aromatic heterocycles. The van der Waals surface area contributed by atoms with Gasteiger partial charge in [-0.15, -0.1) is 11.6 Å². The van der Waals surface area contributed by atoms with Crippen LogP contribution in [0.5, 0.6) is 0 Å². The highest BCUT2D eigenvalue weighted by Crippen LogP contribution is 2.38. The molecule has 1 fully saturated rings. The average molecular weight is 586 g/mol. The fourth-order valence-corrected chi connectivity index (χ4v) is 5.66. The zero-order chi connectivity index (χ0) is 28.6. The first-order valence-corrected chi connectivity index (χ1v) is 13.3. The normalized spacial score (nSPS) is 18.9. The lowest BCUT2D eigenvalue weighted by Gasteiger charge is -2.35. The summed E-state index contributed by atoms with van der Waals surface area (Å²) >= 11 is 13.1. The Morgan fingerprint density at radius 3 is 2.38 bits per heavy atom. The Kier molecular flexibility index (Phi) is 8.49. The Morgan fingerprint density at radius 1 is 1.10 bits per heavy atom. The molecular formula is C27H28Cl2F3N3O4. The molecular weight excluding hydrogens is 558 g/mol. The number of aryl methyl sites for hydroxylation is 2. The van der Waals surface area contributed by atoms with E-state index in [4.69, 9.17) is 27.9 Å². The largest absolute Gasteiger partial charge is 0.465 e. The third-order valence-electron chi connectivity index (χ3n) is 7.04. The van der Waals surface area contributed by atoms with E-state index in [1.165, 1.54) is 17.7 Å². The number of Topliss-reactive ketones (excluding diaryl/α,β-unsaturated/α-hetero) is 1. The van der Waals surface area contributed by atoms with Crippen LogP contribution in [0, 0.1) is 6.92 Å². The minimum absolute atomic E-state index is 0.0322. The Bertz CT molecular complexity index is 1390. The maximum absolute atomic E-state index is 13.7. The van der Waals surface area contributed by atoms with Crippen LogP contribution in [0.2, 0.25) is 0 Å². The van der Waals surface area contributed by atoms with E-state index in [1.807, 2.05) is 4.90 Å². The number of hydrogen-bond acceptors (Lipinski definition) is 5. The molecule has 1 atom stereocenters. The van der Waals surface area contributed by atoms with Gasteiger partial charge in [-0.1, -0.05) is 17.7 Å².